The summed E-state index contributed by atoms with van der Waals surface area (Å²) < 4.78 is 27.8. The number of alkyl halides is 2. The van der Waals surface area contributed by atoms with Crippen molar-refractivity contribution in [2.24, 2.45) is 0 Å². The first kappa shape index (κ1) is 21.9. The molecule has 0 radical (unpaired) electrons. The monoisotopic (exact) mass is 438 g/mol. The van der Waals surface area contributed by atoms with E-state index in [0.717, 1.165) is 34.4 Å². The Morgan fingerprint density at radius 1 is 1.03 bits per heavy atom. The number of H-pyrrole nitrogens is 1. The Bertz CT molecular complexity index is 1060. The van der Waals surface area contributed by atoms with Gasteiger partial charge in [0.15, 0.2) is 0 Å². The van der Waals surface area contributed by atoms with E-state index in [2.05, 4.69) is 49.8 Å². The first-order chi connectivity index (χ1) is 15.5. The molecule has 0 amide bonds. The molecule has 6 nitrogen and oxygen atoms in total. The molecule has 8 heteroatoms. The first-order valence-corrected chi connectivity index (χ1v) is 10.9. The van der Waals surface area contributed by atoms with E-state index in [1.165, 1.54) is 0 Å². The van der Waals surface area contributed by atoms with Crippen LogP contribution in [0.1, 0.15) is 39.2 Å². The molecule has 0 unspecified atom stereocenters. The molecule has 3 aromatic rings. The van der Waals surface area contributed by atoms with Crippen molar-refractivity contribution >= 4 is 0 Å². The van der Waals surface area contributed by atoms with Gasteiger partial charge in [-0.05, 0) is 42.2 Å². The Hall–Kier alpha value is -3.29. The second kappa shape index (κ2) is 9.46. The van der Waals surface area contributed by atoms with Gasteiger partial charge >= 0.3 is 0 Å². The predicted molar refractivity (Wildman–Crippen MR) is 120 cm³/mol. The van der Waals surface area contributed by atoms with Crippen molar-refractivity contribution in [1.29, 1.82) is 0 Å². The van der Waals surface area contributed by atoms with Crippen molar-refractivity contribution in [2.75, 3.05) is 6.67 Å². The van der Waals surface area contributed by atoms with Crippen LogP contribution in [-0.2, 0) is 6.54 Å². The van der Waals surface area contributed by atoms with Gasteiger partial charge in [0.05, 0.1) is 6.67 Å². The number of nitrogens with zero attached hydrogens (tertiary/aromatic N) is 5. The summed E-state index contributed by atoms with van der Waals surface area (Å²) in [5.74, 6) is 0.546. The minimum Gasteiger partial charge on any atom is -0.351 e. The number of rotatable bonds is 8. The fourth-order valence-corrected chi connectivity index (χ4v) is 4.25. The molecule has 1 aliphatic rings. The third-order valence-corrected chi connectivity index (χ3v) is 5.78. The molecule has 1 aromatic heterocycles. The molecule has 0 bridgehead atoms. The topological polar surface area (TPSA) is 60.9 Å². The molecular weight excluding hydrogens is 410 g/mol. The standard InChI is InChI=1S/C24H28F2N6/c1-4-7-21-22(23(25)26)32(16(2)3)15-31(21)14-17-10-12-18(13-11-17)19-8-5-6-9-20(19)24-27-29-30-28-24/h5-6,8-13,16,23H,4,7,14-15H2,1-3H3,(H,27,28,29,30). The summed E-state index contributed by atoms with van der Waals surface area (Å²) in [6.45, 7) is 7.05. The van der Waals surface area contributed by atoms with E-state index in [9.17, 15) is 8.78 Å². The lowest BCUT2D eigenvalue weighted by atomic mass is 9.98. The Kier molecular flexibility index (Phi) is 6.48. The zero-order valence-electron chi connectivity index (χ0n) is 18.6. The summed E-state index contributed by atoms with van der Waals surface area (Å²) >= 11 is 0. The summed E-state index contributed by atoms with van der Waals surface area (Å²) in [6.07, 6.45) is -0.980. The highest BCUT2D eigenvalue weighted by molar-refractivity contribution is 5.80. The van der Waals surface area contributed by atoms with E-state index in [-0.39, 0.29) is 11.7 Å². The van der Waals surface area contributed by atoms with Gasteiger partial charge in [0.1, 0.15) is 5.70 Å². The Labute approximate surface area is 186 Å². The second-order valence-corrected chi connectivity index (χ2v) is 8.26. The minimum atomic E-state index is -2.46. The molecule has 2 aromatic carbocycles. The molecule has 0 saturated heterocycles. The molecule has 168 valence electrons. The maximum Gasteiger partial charge on any atom is 0.279 e. The maximum absolute atomic E-state index is 13.9. The molecule has 0 spiro atoms. The zero-order chi connectivity index (χ0) is 22.7. The SMILES string of the molecule is CCCC1=C(C(F)F)N(C(C)C)CN1Cc1ccc(-c2ccccc2-c2nn[nH]n2)cc1. The summed E-state index contributed by atoms with van der Waals surface area (Å²) in [5, 5.41) is 14.4. The van der Waals surface area contributed by atoms with Gasteiger partial charge in [-0.25, -0.2) is 8.78 Å². The summed E-state index contributed by atoms with van der Waals surface area (Å²) in [7, 11) is 0. The Morgan fingerprint density at radius 3 is 2.34 bits per heavy atom. The van der Waals surface area contributed by atoms with Crippen molar-refractivity contribution in [3.8, 4) is 22.5 Å². The highest BCUT2D eigenvalue weighted by Crippen LogP contribution is 2.35. The Morgan fingerprint density at radius 2 is 1.75 bits per heavy atom. The van der Waals surface area contributed by atoms with Gasteiger partial charge in [-0.1, -0.05) is 61.9 Å². The van der Waals surface area contributed by atoms with Crippen LogP contribution in [0.5, 0.6) is 0 Å². The molecular formula is C24H28F2N6. The van der Waals surface area contributed by atoms with Gasteiger partial charge < -0.3 is 9.80 Å². The van der Waals surface area contributed by atoms with E-state index in [4.69, 9.17) is 0 Å². The number of hydrogen-bond donors (Lipinski definition) is 1. The van der Waals surface area contributed by atoms with Crippen molar-refractivity contribution < 1.29 is 8.78 Å². The van der Waals surface area contributed by atoms with Crippen LogP contribution in [0.15, 0.2) is 59.9 Å². The lowest BCUT2D eigenvalue weighted by Gasteiger charge is -2.27. The van der Waals surface area contributed by atoms with Gasteiger partial charge in [0.25, 0.3) is 6.43 Å². The summed E-state index contributed by atoms with van der Waals surface area (Å²) in [4.78, 5) is 3.92. The molecule has 32 heavy (non-hydrogen) atoms. The lowest BCUT2D eigenvalue weighted by Crippen LogP contribution is -2.34. The number of benzene rings is 2. The highest BCUT2D eigenvalue weighted by atomic mass is 19.3. The fraction of sp³-hybridized carbons (Fsp3) is 0.375. The van der Waals surface area contributed by atoms with Gasteiger partial charge in [-0.2, -0.15) is 5.21 Å². The molecule has 1 aliphatic heterocycles. The number of nitrogens with one attached hydrogen (secondary N) is 1. The van der Waals surface area contributed by atoms with Crippen LogP contribution in [0.3, 0.4) is 0 Å². The van der Waals surface area contributed by atoms with E-state index in [1.54, 1.807) is 0 Å². The second-order valence-electron chi connectivity index (χ2n) is 8.26. The van der Waals surface area contributed by atoms with Gasteiger partial charge in [-0.3, -0.25) is 0 Å². The average Bonchev–Trinajstić information content (AvgIpc) is 3.44. The number of tetrazole rings is 1. The quantitative estimate of drug-likeness (QED) is 0.518. The zero-order valence-corrected chi connectivity index (χ0v) is 18.6. The van der Waals surface area contributed by atoms with Crippen LogP contribution < -0.4 is 0 Å². The normalized spacial score (nSPS) is 14.3. The van der Waals surface area contributed by atoms with Crippen molar-refractivity contribution in [2.45, 2.75) is 52.6 Å². The van der Waals surface area contributed by atoms with E-state index >= 15 is 0 Å². The van der Waals surface area contributed by atoms with Crippen LogP contribution in [0.25, 0.3) is 22.5 Å². The van der Waals surface area contributed by atoms with Crippen LogP contribution in [0.4, 0.5) is 8.78 Å². The molecule has 4 rings (SSSR count). The smallest absolute Gasteiger partial charge is 0.279 e. The summed E-state index contributed by atoms with van der Waals surface area (Å²) in [6, 6.07) is 16.2. The maximum atomic E-state index is 13.9. The van der Waals surface area contributed by atoms with Crippen molar-refractivity contribution in [1.82, 2.24) is 30.4 Å². The van der Waals surface area contributed by atoms with Crippen LogP contribution in [0, 0.1) is 0 Å². The van der Waals surface area contributed by atoms with Crippen LogP contribution in [-0.4, -0.2) is 49.6 Å². The number of aromatic amines is 1. The van der Waals surface area contributed by atoms with Crippen LogP contribution in [0.2, 0.25) is 0 Å². The highest BCUT2D eigenvalue weighted by Gasteiger charge is 2.34. The van der Waals surface area contributed by atoms with Crippen LogP contribution >= 0.6 is 0 Å². The minimum absolute atomic E-state index is 0.0277. The van der Waals surface area contributed by atoms with E-state index in [0.29, 0.717) is 25.5 Å². The van der Waals surface area contributed by atoms with Gasteiger partial charge in [-0.15, -0.1) is 10.2 Å². The predicted octanol–water partition coefficient (Wildman–Crippen LogP) is 5.29. The number of hydrogen-bond acceptors (Lipinski definition) is 5. The molecule has 0 fully saturated rings. The molecule has 0 atom stereocenters. The molecule has 1 N–H and O–H groups in total. The molecule has 2 heterocycles. The molecule has 0 saturated carbocycles. The Balaban J connectivity index is 1.59. The van der Waals surface area contributed by atoms with Crippen molar-refractivity contribution in [3.63, 3.8) is 0 Å². The fourth-order valence-electron chi connectivity index (χ4n) is 4.25. The lowest BCUT2D eigenvalue weighted by molar-refractivity contribution is 0.123. The van der Waals surface area contributed by atoms with E-state index < -0.39 is 6.43 Å². The van der Waals surface area contributed by atoms with E-state index in [1.807, 2.05) is 49.9 Å². The summed E-state index contributed by atoms with van der Waals surface area (Å²) in [5.41, 5.74) is 4.99. The third-order valence-electron chi connectivity index (χ3n) is 5.78. The first-order valence-electron chi connectivity index (χ1n) is 10.9. The molecule has 0 aliphatic carbocycles. The largest absolute Gasteiger partial charge is 0.351 e. The number of aromatic nitrogens is 4. The number of halogens is 2. The number of allylic oxidation sites excluding steroid dienone is 2. The van der Waals surface area contributed by atoms with Crippen molar-refractivity contribution in [3.05, 3.63) is 65.5 Å². The average molecular weight is 439 g/mol. The van der Waals surface area contributed by atoms with Gasteiger partial charge in [0.2, 0.25) is 5.82 Å². The third kappa shape index (κ3) is 4.35. The van der Waals surface area contributed by atoms with Gasteiger partial charge in [0, 0.05) is 23.8 Å².